The van der Waals surface area contributed by atoms with E-state index in [1.165, 1.54) is 11.8 Å². The summed E-state index contributed by atoms with van der Waals surface area (Å²) < 4.78 is 16.2. The molecule has 1 aliphatic rings. The molecule has 0 saturated carbocycles. The lowest BCUT2D eigenvalue weighted by Gasteiger charge is -2.14. The molecular formula is C20H21N3O4S. The van der Waals surface area contributed by atoms with E-state index in [2.05, 4.69) is 15.3 Å². The summed E-state index contributed by atoms with van der Waals surface area (Å²) in [4.78, 5) is 20.1. The van der Waals surface area contributed by atoms with E-state index in [1.54, 1.807) is 0 Å². The number of H-pyrrole nitrogens is 1. The van der Waals surface area contributed by atoms with Gasteiger partial charge in [0.25, 0.3) is 0 Å². The molecule has 2 N–H and O–H groups in total. The number of carbonyl (C=O) groups is 1. The van der Waals surface area contributed by atoms with E-state index < -0.39 is 0 Å². The van der Waals surface area contributed by atoms with E-state index >= 15 is 0 Å². The smallest absolute Gasteiger partial charge is 0.231 e. The molecule has 146 valence electrons. The van der Waals surface area contributed by atoms with Crippen molar-refractivity contribution in [1.82, 2.24) is 15.3 Å². The summed E-state index contributed by atoms with van der Waals surface area (Å²) in [6.07, 6.45) is 0. The van der Waals surface area contributed by atoms with Crippen LogP contribution in [0.5, 0.6) is 17.2 Å². The van der Waals surface area contributed by atoms with Gasteiger partial charge in [-0.2, -0.15) is 0 Å². The van der Waals surface area contributed by atoms with Crippen molar-refractivity contribution in [1.29, 1.82) is 0 Å². The second-order valence-corrected chi connectivity index (χ2v) is 7.31. The van der Waals surface area contributed by atoms with Crippen molar-refractivity contribution in [3.8, 4) is 17.2 Å². The largest absolute Gasteiger partial charge is 0.494 e. The van der Waals surface area contributed by atoms with E-state index in [0.29, 0.717) is 17.5 Å². The van der Waals surface area contributed by atoms with Crippen LogP contribution in [0.4, 0.5) is 0 Å². The Morgan fingerprint density at radius 2 is 2.14 bits per heavy atom. The molecule has 2 heterocycles. The third-order valence-electron chi connectivity index (χ3n) is 4.36. The standard InChI is InChI=1S/C20H21N3O4S/c1-3-25-14-5-6-15-16(9-14)23-20(22-15)28-10-19(24)21-12(2)13-4-7-17-18(8-13)27-11-26-17/h4-9,12H,3,10-11H2,1-2H3,(H,21,24)(H,22,23). The van der Waals surface area contributed by atoms with Crippen LogP contribution in [-0.2, 0) is 4.79 Å². The van der Waals surface area contributed by atoms with Crippen molar-refractivity contribution < 1.29 is 19.0 Å². The summed E-state index contributed by atoms with van der Waals surface area (Å²) in [7, 11) is 0. The predicted molar refractivity (Wildman–Crippen MR) is 107 cm³/mol. The molecule has 0 fully saturated rings. The van der Waals surface area contributed by atoms with E-state index in [1.807, 2.05) is 50.2 Å². The number of nitrogens with one attached hydrogen (secondary N) is 2. The van der Waals surface area contributed by atoms with Crippen molar-refractivity contribution in [3.63, 3.8) is 0 Å². The molecule has 3 aromatic rings. The van der Waals surface area contributed by atoms with Crippen LogP contribution in [0, 0.1) is 0 Å². The van der Waals surface area contributed by atoms with Gasteiger partial charge in [-0.3, -0.25) is 4.79 Å². The maximum absolute atomic E-state index is 12.3. The minimum Gasteiger partial charge on any atom is -0.494 e. The molecule has 1 unspecified atom stereocenters. The summed E-state index contributed by atoms with van der Waals surface area (Å²) in [6, 6.07) is 11.3. The molecule has 2 aromatic carbocycles. The van der Waals surface area contributed by atoms with Crippen LogP contribution in [0.25, 0.3) is 11.0 Å². The quantitative estimate of drug-likeness (QED) is 0.590. The van der Waals surface area contributed by atoms with Gasteiger partial charge < -0.3 is 24.5 Å². The second-order valence-electron chi connectivity index (χ2n) is 6.34. The van der Waals surface area contributed by atoms with E-state index in [-0.39, 0.29) is 24.5 Å². The number of hydrogen-bond donors (Lipinski definition) is 2. The van der Waals surface area contributed by atoms with E-state index in [0.717, 1.165) is 28.1 Å². The van der Waals surface area contributed by atoms with Crippen molar-refractivity contribution in [2.45, 2.75) is 25.0 Å². The summed E-state index contributed by atoms with van der Waals surface area (Å²) in [5.41, 5.74) is 2.71. The van der Waals surface area contributed by atoms with Crippen molar-refractivity contribution in [2.24, 2.45) is 0 Å². The highest BCUT2D eigenvalue weighted by Gasteiger charge is 2.17. The zero-order valence-corrected chi connectivity index (χ0v) is 16.5. The number of aromatic nitrogens is 2. The Labute approximate surface area is 166 Å². The average Bonchev–Trinajstić information content (AvgIpc) is 3.32. The van der Waals surface area contributed by atoms with Gasteiger partial charge in [0.1, 0.15) is 5.75 Å². The Bertz CT molecular complexity index is 1000. The van der Waals surface area contributed by atoms with Crippen molar-refractivity contribution in [2.75, 3.05) is 19.2 Å². The molecule has 1 amide bonds. The zero-order chi connectivity index (χ0) is 19.5. The fraction of sp³-hybridized carbons (Fsp3) is 0.300. The first kappa shape index (κ1) is 18.5. The van der Waals surface area contributed by atoms with Crippen LogP contribution >= 0.6 is 11.8 Å². The van der Waals surface area contributed by atoms with E-state index in [4.69, 9.17) is 14.2 Å². The van der Waals surface area contributed by atoms with Gasteiger partial charge in [0.2, 0.25) is 12.7 Å². The van der Waals surface area contributed by atoms with Crippen LogP contribution in [-0.4, -0.2) is 35.0 Å². The molecule has 8 heteroatoms. The molecule has 0 radical (unpaired) electrons. The predicted octanol–water partition coefficient (Wildman–Crippen LogP) is 3.66. The van der Waals surface area contributed by atoms with Crippen LogP contribution in [0.15, 0.2) is 41.6 Å². The van der Waals surface area contributed by atoms with Gasteiger partial charge in [-0.25, -0.2) is 4.98 Å². The number of benzene rings is 2. The van der Waals surface area contributed by atoms with Crippen LogP contribution in [0.2, 0.25) is 0 Å². The molecule has 0 bridgehead atoms. The van der Waals surface area contributed by atoms with Gasteiger partial charge in [0.05, 0.1) is 29.4 Å². The second kappa shape index (κ2) is 8.02. The molecule has 4 rings (SSSR count). The topological polar surface area (TPSA) is 85.5 Å². The Kier molecular flexibility index (Phi) is 5.29. The maximum atomic E-state index is 12.3. The number of aromatic amines is 1. The first-order valence-corrected chi connectivity index (χ1v) is 10.0. The van der Waals surface area contributed by atoms with Gasteiger partial charge in [0, 0.05) is 6.07 Å². The lowest BCUT2D eigenvalue weighted by atomic mass is 10.1. The summed E-state index contributed by atoms with van der Waals surface area (Å²) in [6.45, 7) is 4.74. The fourth-order valence-corrected chi connectivity index (χ4v) is 3.67. The van der Waals surface area contributed by atoms with Crippen LogP contribution in [0.1, 0.15) is 25.5 Å². The van der Waals surface area contributed by atoms with Gasteiger partial charge in [-0.1, -0.05) is 17.8 Å². The number of ether oxygens (including phenoxy) is 3. The third kappa shape index (κ3) is 4.01. The number of imidazole rings is 1. The summed E-state index contributed by atoms with van der Waals surface area (Å²) in [5, 5.41) is 3.70. The molecule has 28 heavy (non-hydrogen) atoms. The molecule has 7 nitrogen and oxygen atoms in total. The first-order valence-electron chi connectivity index (χ1n) is 9.06. The molecule has 0 spiro atoms. The monoisotopic (exact) mass is 399 g/mol. The lowest BCUT2D eigenvalue weighted by molar-refractivity contribution is -0.119. The molecular weight excluding hydrogens is 378 g/mol. The van der Waals surface area contributed by atoms with Crippen molar-refractivity contribution >= 4 is 28.7 Å². The Morgan fingerprint density at radius 3 is 3.00 bits per heavy atom. The summed E-state index contributed by atoms with van der Waals surface area (Å²) in [5.74, 6) is 2.44. The fourth-order valence-electron chi connectivity index (χ4n) is 2.97. The van der Waals surface area contributed by atoms with Gasteiger partial charge in [-0.05, 0) is 43.7 Å². The van der Waals surface area contributed by atoms with Crippen LogP contribution < -0.4 is 19.5 Å². The molecule has 1 aromatic heterocycles. The molecule has 0 aliphatic carbocycles. The van der Waals surface area contributed by atoms with Gasteiger partial charge >= 0.3 is 0 Å². The maximum Gasteiger partial charge on any atom is 0.231 e. The molecule has 0 saturated heterocycles. The number of rotatable bonds is 7. The highest BCUT2D eigenvalue weighted by atomic mass is 32.2. The minimum absolute atomic E-state index is 0.0642. The van der Waals surface area contributed by atoms with Crippen molar-refractivity contribution in [3.05, 3.63) is 42.0 Å². The zero-order valence-electron chi connectivity index (χ0n) is 15.7. The Morgan fingerprint density at radius 1 is 1.29 bits per heavy atom. The minimum atomic E-state index is -0.132. The molecule has 1 aliphatic heterocycles. The number of hydrogen-bond acceptors (Lipinski definition) is 6. The SMILES string of the molecule is CCOc1ccc2nc(SCC(=O)NC(C)c3ccc4c(c3)OCO4)[nH]c2c1. The first-order chi connectivity index (χ1) is 13.6. The number of carbonyl (C=O) groups excluding carboxylic acids is 1. The number of nitrogens with zero attached hydrogens (tertiary/aromatic N) is 1. The highest BCUT2D eigenvalue weighted by molar-refractivity contribution is 7.99. The number of fused-ring (bicyclic) bond motifs is 2. The normalized spacial score (nSPS) is 13.5. The van der Waals surface area contributed by atoms with Crippen LogP contribution in [0.3, 0.4) is 0 Å². The van der Waals surface area contributed by atoms with Gasteiger partial charge in [-0.15, -0.1) is 0 Å². The molecule has 1 atom stereocenters. The van der Waals surface area contributed by atoms with Gasteiger partial charge in [0.15, 0.2) is 16.7 Å². The Hall–Kier alpha value is -2.87. The average molecular weight is 399 g/mol. The lowest BCUT2D eigenvalue weighted by Crippen LogP contribution is -2.28. The third-order valence-corrected chi connectivity index (χ3v) is 5.23. The summed E-state index contributed by atoms with van der Waals surface area (Å²) >= 11 is 1.37. The highest BCUT2D eigenvalue weighted by Crippen LogP contribution is 2.34. The van der Waals surface area contributed by atoms with E-state index in [9.17, 15) is 4.79 Å². The number of thioether (sulfide) groups is 1. The Balaban J connectivity index is 1.34. The number of amides is 1.